The fourth-order valence-electron chi connectivity index (χ4n) is 1.94. The Labute approximate surface area is 113 Å². The maximum atomic E-state index is 6.01. The van der Waals surface area contributed by atoms with Gasteiger partial charge in [-0.05, 0) is 18.2 Å². The summed E-state index contributed by atoms with van der Waals surface area (Å²) in [6.45, 7) is 0.756. The van der Waals surface area contributed by atoms with Crippen LogP contribution in [0, 0.1) is 0 Å². The summed E-state index contributed by atoms with van der Waals surface area (Å²) in [6, 6.07) is 5.59. The third-order valence-corrected chi connectivity index (χ3v) is 3.69. The van der Waals surface area contributed by atoms with E-state index in [0.29, 0.717) is 11.0 Å². The van der Waals surface area contributed by atoms with E-state index in [4.69, 9.17) is 17.3 Å². The summed E-state index contributed by atoms with van der Waals surface area (Å²) in [5.74, 6) is 0.516. The number of imidazole rings is 1. The number of aryl methyl sites for hydroxylation is 2. The lowest BCUT2D eigenvalue weighted by atomic mass is 10.3. The number of nitrogens with zero attached hydrogens (tertiary/aromatic N) is 3. The number of rotatable bonds is 3. The minimum atomic E-state index is 0.516. The Hall–Kier alpha value is -1.59. The number of benzene rings is 1. The van der Waals surface area contributed by atoms with E-state index in [1.54, 1.807) is 11.3 Å². The van der Waals surface area contributed by atoms with Gasteiger partial charge in [0.2, 0.25) is 5.95 Å². The van der Waals surface area contributed by atoms with E-state index in [1.807, 2.05) is 33.7 Å². The summed E-state index contributed by atoms with van der Waals surface area (Å²) in [7, 11) is 0. The maximum absolute atomic E-state index is 6.01. The topological polar surface area (TPSA) is 56.7 Å². The Morgan fingerprint density at radius 2 is 2.28 bits per heavy atom. The van der Waals surface area contributed by atoms with Crippen LogP contribution in [0.25, 0.3) is 11.0 Å². The quantitative estimate of drug-likeness (QED) is 0.801. The Balaban J connectivity index is 1.95. The molecule has 0 bridgehead atoms. The molecule has 3 aromatic rings. The van der Waals surface area contributed by atoms with Gasteiger partial charge >= 0.3 is 0 Å². The Morgan fingerprint density at radius 1 is 1.39 bits per heavy atom. The van der Waals surface area contributed by atoms with Crippen LogP contribution in [0.15, 0.2) is 29.1 Å². The molecule has 1 aromatic carbocycles. The van der Waals surface area contributed by atoms with E-state index in [1.165, 1.54) is 0 Å². The lowest BCUT2D eigenvalue weighted by Crippen LogP contribution is -2.05. The molecule has 0 spiro atoms. The molecule has 0 saturated heterocycles. The Kier molecular flexibility index (Phi) is 2.93. The molecule has 2 heterocycles. The van der Waals surface area contributed by atoms with Crippen LogP contribution in [-0.4, -0.2) is 14.5 Å². The van der Waals surface area contributed by atoms with Crippen molar-refractivity contribution in [1.82, 2.24) is 14.5 Å². The molecule has 0 fully saturated rings. The molecule has 0 aliphatic heterocycles. The molecule has 2 N–H and O–H groups in total. The van der Waals surface area contributed by atoms with Gasteiger partial charge in [0.25, 0.3) is 0 Å². The molecule has 0 aliphatic rings. The second kappa shape index (κ2) is 4.59. The van der Waals surface area contributed by atoms with E-state index >= 15 is 0 Å². The second-order valence-corrected chi connectivity index (χ2v) is 5.14. The first kappa shape index (κ1) is 11.5. The highest BCUT2D eigenvalue weighted by atomic mass is 35.5. The normalized spacial score (nSPS) is 11.2. The van der Waals surface area contributed by atoms with Crippen LogP contribution in [0.5, 0.6) is 0 Å². The number of hydrogen-bond acceptors (Lipinski definition) is 4. The van der Waals surface area contributed by atoms with Crippen LogP contribution in [0.3, 0.4) is 0 Å². The zero-order valence-electron chi connectivity index (χ0n) is 9.51. The summed E-state index contributed by atoms with van der Waals surface area (Å²) >= 11 is 7.61. The van der Waals surface area contributed by atoms with E-state index in [2.05, 4.69) is 9.97 Å². The van der Waals surface area contributed by atoms with Crippen molar-refractivity contribution in [2.75, 3.05) is 5.73 Å². The summed E-state index contributed by atoms with van der Waals surface area (Å²) in [5.41, 5.74) is 10.7. The van der Waals surface area contributed by atoms with Crippen LogP contribution in [0.4, 0.5) is 5.95 Å². The van der Waals surface area contributed by atoms with Crippen LogP contribution in [-0.2, 0) is 13.0 Å². The van der Waals surface area contributed by atoms with Gasteiger partial charge in [-0.3, -0.25) is 0 Å². The van der Waals surface area contributed by atoms with Crippen molar-refractivity contribution in [3.05, 3.63) is 39.8 Å². The number of hydrogen-bond donors (Lipinski definition) is 1. The second-order valence-electron chi connectivity index (χ2n) is 3.98. The maximum Gasteiger partial charge on any atom is 0.201 e. The van der Waals surface area contributed by atoms with Crippen LogP contribution >= 0.6 is 22.9 Å². The first-order valence-corrected chi connectivity index (χ1v) is 6.84. The molecule has 0 radical (unpaired) electrons. The highest BCUT2D eigenvalue weighted by Crippen LogP contribution is 2.22. The van der Waals surface area contributed by atoms with Gasteiger partial charge in [0.15, 0.2) is 0 Å². The van der Waals surface area contributed by atoms with Crippen molar-refractivity contribution in [3.8, 4) is 0 Å². The zero-order chi connectivity index (χ0) is 12.5. The molecular formula is C12H11ClN4S. The van der Waals surface area contributed by atoms with Crippen molar-refractivity contribution in [1.29, 1.82) is 0 Å². The average molecular weight is 279 g/mol. The zero-order valence-corrected chi connectivity index (χ0v) is 11.1. The lowest BCUT2D eigenvalue weighted by Gasteiger charge is -2.05. The predicted octanol–water partition coefficient (Wildman–Crippen LogP) is 2.97. The number of fused-ring (bicyclic) bond motifs is 1. The van der Waals surface area contributed by atoms with Gasteiger partial charge in [0, 0.05) is 23.4 Å². The van der Waals surface area contributed by atoms with Gasteiger partial charge in [-0.15, -0.1) is 11.3 Å². The van der Waals surface area contributed by atoms with Crippen molar-refractivity contribution in [2.24, 2.45) is 0 Å². The van der Waals surface area contributed by atoms with Gasteiger partial charge in [-0.25, -0.2) is 9.97 Å². The van der Waals surface area contributed by atoms with Crippen molar-refractivity contribution >= 4 is 39.9 Å². The number of halogens is 1. The smallest absolute Gasteiger partial charge is 0.201 e. The monoisotopic (exact) mass is 278 g/mol. The highest BCUT2D eigenvalue weighted by molar-refractivity contribution is 7.07. The molecule has 0 saturated carbocycles. The Bertz CT molecular complexity index is 675. The van der Waals surface area contributed by atoms with E-state index in [0.717, 1.165) is 29.7 Å². The minimum Gasteiger partial charge on any atom is -0.369 e. The van der Waals surface area contributed by atoms with E-state index < -0.39 is 0 Å². The van der Waals surface area contributed by atoms with Crippen molar-refractivity contribution < 1.29 is 0 Å². The predicted molar refractivity (Wildman–Crippen MR) is 75.0 cm³/mol. The third kappa shape index (κ3) is 2.07. The fraction of sp³-hybridized carbons (Fsp3) is 0.167. The number of aromatic nitrogens is 3. The number of nitrogen functional groups attached to an aromatic ring is 1. The van der Waals surface area contributed by atoms with Crippen LogP contribution < -0.4 is 5.73 Å². The molecule has 0 unspecified atom stereocenters. The molecular weight excluding hydrogens is 268 g/mol. The van der Waals surface area contributed by atoms with Crippen LogP contribution in [0.1, 0.15) is 5.69 Å². The third-order valence-electron chi connectivity index (χ3n) is 2.81. The molecule has 0 atom stereocenters. The summed E-state index contributed by atoms with van der Waals surface area (Å²) in [5, 5.41) is 2.74. The molecule has 18 heavy (non-hydrogen) atoms. The van der Waals surface area contributed by atoms with Gasteiger partial charge in [-0.2, -0.15) is 0 Å². The SMILES string of the molecule is Nc1nc2ccc(Cl)cc2n1CCc1cscn1. The van der Waals surface area contributed by atoms with E-state index in [-0.39, 0.29) is 0 Å². The van der Waals surface area contributed by atoms with Gasteiger partial charge in [-0.1, -0.05) is 11.6 Å². The van der Waals surface area contributed by atoms with Gasteiger partial charge in [0.1, 0.15) is 0 Å². The number of anilines is 1. The first-order valence-electron chi connectivity index (χ1n) is 5.52. The average Bonchev–Trinajstić information content (AvgIpc) is 2.94. The molecule has 0 amide bonds. The van der Waals surface area contributed by atoms with Crippen molar-refractivity contribution in [2.45, 2.75) is 13.0 Å². The molecule has 4 nitrogen and oxygen atoms in total. The summed E-state index contributed by atoms with van der Waals surface area (Å²) in [6.07, 6.45) is 0.839. The lowest BCUT2D eigenvalue weighted by molar-refractivity contribution is 0.716. The minimum absolute atomic E-state index is 0.516. The van der Waals surface area contributed by atoms with Gasteiger partial charge in [0.05, 0.1) is 22.2 Å². The molecule has 2 aromatic heterocycles. The van der Waals surface area contributed by atoms with Crippen molar-refractivity contribution in [3.63, 3.8) is 0 Å². The summed E-state index contributed by atoms with van der Waals surface area (Å²) < 4.78 is 1.97. The van der Waals surface area contributed by atoms with Crippen LogP contribution in [0.2, 0.25) is 5.02 Å². The molecule has 92 valence electrons. The van der Waals surface area contributed by atoms with E-state index in [9.17, 15) is 0 Å². The largest absolute Gasteiger partial charge is 0.369 e. The number of thiazole rings is 1. The standard InChI is InChI=1S/C12H11ClN4S/c13-8-1-2-10-11(5-8)17(12(14)16-10)4-3-9-6-18-7-15-9/h1-2,5-7H,3-4H2,(H2,14,16). The number of nitrogens with two attached hydrogens (primary N) is 1. The fourth-order valence-corrected chi connectivity index (χ4v) is 2.70. The molecule has 3 rings (SSSR count). The Morgan fingerprint density at radius 3 is 3.06 bits per heavy atom. The first-order chi connectivity index (χ1) is 8.74. The molecule has 0 aliphatic carbocycles. The highest BCUT2D eigenvalue weighted by Gasteiger charge is 2.08. The van der Waals surface area contributed by atoms with Gasteiger partial charge < -0.3 is 10.3 Å². The summed E-state index contributed by atoms with van der Waals surface area (Å²) in [4.78, 5) is 8.58. The molecule has 6 heteroatoms.